The largest absolute Gasteiger partial charge is 0.375 e. The van der Waals surface area contributed by atoms with Gasteiger partial charge in [-0.2, -0.15) is 0 Å². The molecule has 2 amide bonds. The van der Waals surface area contributed by atoms with Crippen molar-refractivity contribution in [3.8, 4) is 0 Å². The molecular weight excluding hydrogens is 321 g/mol. The first kappa shape index (κ1) is 17.2. The fourth-order valence-electron chi connectivity index (χ4n) is 2.77. The fraction of sp³-hybridized carbons (Fsp3) is 0.316. The first-order chi connectivity index (χ1) is 12.1. The summed E-state index contributed by atoms with van der Waals surface area (Å²) in [7, 11) is 0. The molecule has 0 saturated carbocycles. The molecule has 0 aliphatic carbocycles. The average molecular weight is 343 g/mol. The number of halogens is 1. The van der Waals surface area contributed by atoms with Crippen molar-refractivity contribution in [2.75, 3.05) is 29.9 Å². The van der Waals surface area contributed by atoms with Crippen LogP contribution in [0.5, 0.6) is 0 Å². The van der Waals surface area contributed by atoms with Crippen LogP contribution in [0.3, 0.4) is 0 Å². The van der Waals surface area contributed by atoms with Crippen molar-refractivity contribution in [3.05, 3.63) is 59.9 Å². The summed E-state index contributed by atoms with van der Waals surface area (Å²) in [5.41, 5.74) is 2.68. The van der Waals surface area contributed by atoms with Crippen molar-refractivity contribution < 1.29 is 13.9 Å². The second kappa shape index (κ2) is 7.98. The molecule has 1 fully saturated rings. The van der Waals surface area contributed by atoms with Gasteiger partial charge >= 0.3 is 6.03 Å². The highest BCUT2D eigenvalue weighted by Crippen LogP contribution is 2.20. The normalized spacial score (nSPS) is 17.2. The highest BCUT2D eigenvalue weighted by Gasteiger charge is 2.16. The molecule has 1 heterocycles. The lowest BCUT2D eigenvalue weighted by atomic mass is 10.2. The average Bonchev–Trinajstić information content (AvgIpc) is 2.62. The minimum absolute atomic E-state index is 0.226. The third kappa shape index (κ3) is 4.93. The van der Waals surface area contributed by atoms with E-state index in [1.165, 1.54) is 12.1 Å². The number of anilines is 2. The number of carbonyl (C=O) groups excluding carboxylic acids is 1. The molecule has 1 aliphatic rings. The summed E-state index contributed by atoms with van der Waals surface area (Å²) in [6.45, 7) is 4.87. The molecule has 0 radical (unpaired) electrons. The topological polar surface area (TPSA) is 53.6 Å². The summed E-state index contributed by atoms with van der Waals surface area (Å²) in [6.07, 6.45) is 0.226. The van der Waals surface area contributed by atoms with E-state index in [9.17, 15) is 9.18 Å². The Labute approximate surface area is 146 Å². The van der Waals surface area contributed by atoms with Crippen molar-refractivity contribution in [1.82, 2.24) is 5.32 Å². The summed E-state index contributed by atoms with van der Waals surface area (Å²) in [4.78, 5) is 14.2. The first-order valence-electron chi connectivity index (χ1n) is 8.36. The maximum absolute atomic E-state index is 12.9. The number of benzene rings is 2. The molecule has 1 atom stereocenters. The van der Waals surface area contributed by atoms with Crippen LogP contribution in [0.1, 0.15) is 12.5 Å². The van der Waals surface area contributed by atoms with Gasteiger partial charge in [0.1, 0.15) is 5.82 Å². The zero-order valence-corrected chi connectivity index (χ0v) is 14.2. The van der Waals surface area contributed by atoms with E-state index in [4.69, 9.17) is 4.74 Å². The lowest BCUT2D eigenvalue weighted by Gasteiger charge is -2.33. The van der Waals surface area contributed by atoms with Crippen LogP contribution in [0.15, 0.2) is 48.5 Å². The van der Waals surface area contributed by atoms with Crippen LogP contribution in [0.4, 0.5) is 20.6 Å². The van der Waals surface area contributed by atoms with Gasteiger partial charge in [0.15, 0.2) is 0 Å². The van der Waals surface area contributed by atoms with E-state index < -0.39 is 0 Å². The molecule has 1 aliphatic heterocycles. The van der Waals surface area contributed by atoms with Crippen LogP contribution >= 0.6 is 0 Å². The Morgan fingerprint density at radius 1 is 1.20 bits per heavy atom. The number of urea groups is 1. The molecule has 25 heavy (non-hydrogen) atoms. The minimum atomic E-state index is -0.294. The van der Waals surface area contributed by atoms with E-state index in [0.29, 0.717) is 6.54 Å². The molecular formula is C19H22FN3O2. The van der Waals surface area contributed by atoms with Crippen LogP contribution in [-0.4, -0.2) is 31.8 Å². The van der Waals surface area contributed by atoms with Gasteiger partial charge in [-0.15, -0.1) is 0 Å². The number of nitrogens with zero attached hydrogens (tertiary/aromatic N) is 1. The van der Waals surface area contributed by atoms with Gasteiger partial charge in [0.05, 0.1) is 12.7 Å². The quantitative estimate of drug-likeness (QED) is 0.895. The Balaban J connectivity index is 1.50. The molecule has 5 nitrogen and oxygen atoms in total. The monoisotopic (exact) mass is 343 g/mol. The van der Waals surface area contributed by atoms with Gasteiger partial charge in [0.25, 0.3) is 0 Å². The van der Waals surface area contributed by atoms with Gasteiger partial charge in [0.2, 0.25) is 0 Å². The molecule has 0 unspecified atom stereocenters. The minimum Gasteiger partial charge on any atom is -0.375 e. The number of hydrogen-bond donors (Lipinski definition) is 2. The predicted octanol–water partition coefficient (Wildman–Crippen LogP) is 3.37. The van der Waals surface area contributed by atoms with Gasteiger partial charge in [-0.1, -0.05) is 12.1 Å². The number of morpholine rings is 1. The Bertz CT molecular complexity index is 704. The maximum atomic E-state index is 12.9. The van der Waals surface area contributed by atoms with E-state index in [0.717, 1.165) is 36.6 Å². The maximum Gasteiger partial charge on any atom is 0.319 e. The Hall–Kier alpha value is -2.60. The third-order valence-corrected chi connectivity index (χ3v) is 4.10. The fourth-order valence-corrected chi connectivity index (χ4v) is 2.77. The molecule has 6 heteroatoms. The van der Waals surface area contributed by atoms with Gasteiger partial charge in [-0.25, -0.2) is 9.18 Å². The number of rotatable bonds is 4. The molecule has 0 bridgehead atoms. The first-order valence-corrected chi connectivity index (χ1v) is 8.36. The SMILES string of the molecule is C[C@@H]1CN(c2ccc(NC(=O)NCc3ccc(F)cc3)cc2)CCO1. The van der Waals surface area contributed by atoms with Crippen molar-refractivity contribution in [1.29, 1.82) is 0 Å². The predicted molar refractivity (Wildman–Crippen MR) is 96.3 cm³/mol. The van der Waals surface area contributed by atoms with Crippen molar-refractivity contribution in [3.63, 3.8) is 0 Å². The molecule has 2 aromatic rings. The zero-order valence-electron chi connectivity index (χ0n) is 14.2. The zero-order chi connectivity index (χ0) is 17.6. The van der Waals surface area contributed by atoms with Crippen molar-refractivity contribution in [2.24, 2.45) is 0 Å². The van der Waals surface area contributed by atoms with Crippen molar-refractivity contribution >= 4 is 17.4 Å². The number of hydrogen-bond acceptors (Lipinski definition) is 3. The Morgan fingerprint density at radius 3 is 2.60 bits per heavy atom. The lowest BCUT2D eigenvalue weighted by Crippen LogP contribution is -2.41. The summed E-state index contributed by atoms with van der Waals surface area (Å²) in [6, 6.07) is 13.5. The summed E-state index contributed by atoms with van der Waals surface area (Å²) >= 11 is 0. The van der Waals surface area contributed by atoms with E-state index in [1.807, 2.05) is 24.3 Å². The van der Waals surface area contributed by atoms with E-state index >= 15 is 0 Å². The number of nitrogens with one attached hydrogen (secondary N) is 2. The van der Waals surface area contributed by atoms with Crippen LogP contribution in [-0.2, 0) is 11.3 Å². The molecule has 2 aromatic carbocycles. The lowest BCUT2D eigenvalue weighted by molar-refractivity contribution is 0.0532. The molecule has 2 N–H and O–H groups in total. The van der Waals surface area contributed by atoms with Gasteiger partial charge in [-0.3, -0.25) is 0 Å². The molecule has 1 saturated heterocycles. The summed E-state index contributed by atoms with van der Waals surface area (Å²) in [5.74, 6) is -0.289. The van der Waals surface area contributed by atoms with E-state index in [1.54, 1.807) is 12.1 Å². The Morgan fingerprint density at radius 2 is 1.92 bits per heavy atom. The Kier molecular flexibility index (Phi) is 5.50. The van der Waals surface area contributed by atoms with Gasteiger partial charge in [-0.05, 0) is 48.9 Å². The molecule has 3 rings (SSSR count). The summed E-state index contributed by atoms with van der Waals surface area (Å²) in [5, 5.41) is 5.55. The summed E-state index contributed by atoms with van der Waals surface area (Å²) < 4.78 is 18.4. The standard InChI is InChI=1S/C19H22FN3O2/c1-14-13-23(10-11-25-14)18-8-6-17(7-9-18)22-19(24)21-12-15-2-4-16(20)5-3-15/h2-9,14H,10-13H2,1H3,(H2,21,22,24)/t14-/m1/s1. The van der Waals surface area contributed by atoms with Crippen molar-refractivity contribution in [2.45, 2.75) is 19.6 Å². The second-order valence-electron chi connectivity index (χ2n) is 6.11. The van der Waals surface area contributed by atoms with Gasteiger partial charge in [0, 0.05) is 31.0 Å². The number of amides is 2. The smallest absolute Gasteiger partial charge is 0.319 e. The molecule has 0 aromatic heterocycles. The molecule has 0 spiro atoms. The number of ether oxygens (including phenoxy) is 1. The van der Waals surface area contributed by atoms with Crippen LogP contribution < -0.4 is 15.5 Å². The third-order valence-electron chi connectivity index (χ3n) is 4.10. The number of carbonyl (C=O) groups is 1. The van der Waals surface area contributed by atoms with E-state index in [2.05, 4.69) is 22.5 Å². The molecule has 132 valence electrons. The van der Waals surface area contributed by atoms with Gasteiger partial charge < -0.3 is 20.3 Å². The second-order valence-corrected chi connectivity index (χ2v) is 6.11. The highest BCUT2D eigenvalue weighted by molar-refractivity contribution is 5.89. The van der Waals surface area contributed by atoms with Crippen LogP contribution in [0.25, 0.3) is 0 Å². The van der Waals surface area contributed by atoms with Crippen LogP contribution in [0.2, 0.25) is 0 Å². The highest BCUT2D eigenvalue weighted by atomic mass is 19.1. The van der Waals surface area contributed by atoms with Crippen LogP contribution in [0, 0.1) is 5.82 Å². The van der Waals surface area contributed by atoms with E-state index in [-0.39, 0.29) is 18.0 Å².